The van der Waals surface area contributed by atoms with Gasteiger partial charge in [-0.15, -0.1) is 0 Å². The monoisotopic (exact) mass is 587 g/mol. The first-order valence-electron chi connectivity index (χ1n) is 14.7. The van der Waals surface area contributed by atoms with E-state index < -0.39 is 11.7 Å². The van der Waals surface area contributed by atoms with E-state index in [-0.39, 0.29) is 29.4 Å². The number of rotatable bonds is 5. The highest BCUT2D eigenvalue weighted by atomic mass is 19.1. The second-order valence-corrected chi connectivity index (χ2v) is 11.3. The molecule has 3 amide bonds. The number of fused-ring (bicyclic) bond motifs is 4. The first kappa shape index (κ1) is 28.4. The Morgan fingerprint density at radius 2 is 1.63 bits per heavy atom. The first-order valence-corrected chi connectivity index (χ1v) is 14.7. The van der Waals surface area contributed by atoms with Crippen LogP contribution in [0.2, 0.25) is 0 Å². The number of pyridine rings is 1. The van der Waals surface area contributed by atoms with Gasteiger partial charge in [0.05, 0.1) is 18.0 Å². The molecule has 1 aromatic heterocycles. The number of piperidine rings is 1. The van der Waals surface area contributed by atoms with Crippen LogP contribution in [0.4, 0.5) is 20.6 Å². The molecule has 3 aliphatic rings. The fourth-order valence-corrected chi connectivity index (χ4v) is 6.42. The van der Waals surface area contributed by atoms with Crippen LogP contribution >= 0.6 is 0 Å². The van der Waals surface area contributed by atoms with Crippen LogP contribution < -0.4 is 15.8 Å². The number of halogens is 1. The number of carbonyl (C=O) groups excluding carboxylic acids is 3. The lowest BCUT2D eigenvalue weighted by atomic mass is 9.83. The van der Waals surface area contributed by atoms with Crippen molar-refractivity contribution in [2.75, 3.05) is 56.1 Å². The van der Waals surface area contributed by atoms with Crippen molar-refractivity contribution in [2.45, 2.75) is 25.8 Å². The molecule has 6 rings (SSSR count). The normalized spacial score (nSPS) is 19.4. The molecular weight excluding hydrogens is 553 g/mol. The van der Waals surface area contributed by atoms with Gasteiger partial charge in [-0.1, -0.05) is 6.07 Å². The van der Waals surface area contributed by atoms with E-state index in [1.807, 2.05) is 16.7 Å². The summed E-state index contributed by atoms with van der Waals surface area (Å²) in [6.45, 7) is 5.51. The van der Waals surface area contributed by atoms with Crippen LogP contribution in [0, 0.1) is 11.7 Å². The third kappa shape index (κ3) is 5.84. The smallest absolute Gasteiger partial charge is 0.409 e. The quantitative estimate of drug-likeness (QED) is 0.488. The van der Waals surface area contributed by atoms with Crippen LogP contribution in [-0.2, 0) is 11.3 Å². The van der Waals surface area contributed by atoms with Crippen molar-refractivity contribution in [3.63, 3.8) is 0 Å². The summed E-state index contributed by atoms with van der Waals surface area (Å²) in [4.78, 5) is 56.9. The molecule has 0 aliphatic carbocycles. The predicted molar refractivity (Wildman–Crippen MR) is 159 cm³/mol. The Kier molecular flexibility index (Phi) is 7.88. The van der Waals surface area contributed by atoms with Gasteiger partial charge in [-0.2, -0.15) is 0 Å². The van der Waals surface area contributed by atoms with Crippen molar-refractivity contribution in [3.05, 3.63) is 93.7 Å². The Balaban J connectivity index is 1.27. The predicted octanol–water partition coefficient (Wildman–Crippen LogP) is 3.78. The molecule has 2 aromatic carbocycles. The van der Waals surface area contributed by atoms with Crippen LogP contribution in [-0.4, -0.2) is 78.1 Å². The van der Waals surface area contributed by atoms with Crippen molar-refractivity contribution in [1.29, 1.82) is 0 Å². The molecule has 3 aliphatic heterocycles. The number of anilines is 2. The molecular formula is C32H34FN5O5. The number of ether oxygens (including phenoxy) is 1. The zero-order chi connectivity index (χ0) is 30.1. The molecule has 3 aromatic rings. The van der Waals surface area contributed by atoms with E-state index in [4.69, 9.17) is 4.74 Å². The third-order valence-electron chi connectivity index (χ3n) is 8.51. The number of benzene rings is 2. The van der Waals surface area contributed by atoms with E-state index in [9.17, 15) is 23.6 Å². The molecule has 11 heteroatoms. The lowest BCUT2D eigenvalue weighted by Gasteiger charge is -2.44. The number of aromatic nitrogens is 1. The summed E-state index contributed by atoms with van der Waals surface area (Å²) in [5, 5.41) is 2.97. The standard InChI is InChI=1S/C32H34FN5O5/c1-2-43-32(42)36-14-12-35(13-15-36)31(41)23-8-11-28(26(17-23)34-30(40)22-6-9-25(33)10-7-22)37-18-21-16-24(20-37)27-4-3-5-29(39)38(27)19-21/h3-11,17,21,24H,2,12-16,18-20H2,1H3,(H,34,40)/t21-,24+/m1/s1. The Morgan fingerprint density at radius 3 is 2.37 bits per heavy atom. The maximum Gasteiger partial charge on any atom is 0.409 e. The number of carbonyl (C=O) groups is 3. The topological polar surface area (TPSA) is 104 Å². The fraction of sp³-hybridized carbons (Fsp3) is 0.375. The summed E-state index contributed by atoms with van der Waals surface area (Å²) < 4.78 is 20.5. The average molecular weight is 588 g/mol. The van der Waals surface area contributed by atoms with E-state index in [1.165, 1.54) is 24.3 Å². The van der Waals surface area contributed by atoms with Gasteiger partial charge in [-0.05, 0) is 67.8 Å². The van der Waals surface area contributed by atoms with Gasteiger partial charge in [-0.3, -0.25) is 14.4 Å². The van der Waals surface area contributed by atoms with E-state index in [1.54, 1.807) is 41.0 Å². The molecule has 1 N–H and O–H groups in total. The summed E-state index contributed by atoms with van der Waals surface area (Å²) >= 11 is 0. The second kappa shape index (κ2) is 11.9. The summed E-state index contributed by atoms with van der Waals surface area (Å²) in [7, 11) is 0. The molecule has 2 fully saturated rings. The van der Waals surface area contributed by atoms with Crippen LogP contribution in [0.3, 0.4) is 0 Å². The molecule has 0 radical (unpaired) electrons. The van der Waals surface area contributed by atoms with Gasteiger partial charge >= 0.3 is 6.09 Å². The van der Waals surface area contributed by atoms with Crippen molar-refractivity contribution in [3.8, 4) is 0 Å². The minimum atomic E-state index is -0.438. The van der Waals surface area contributed by atoms with Crippen LogP contribution in [0.25, 0.3) is 0 Å². The Labute approximate surface area is 248 Å². The number of nitrogens with zero attached hydrogens (tertiary/aromatic N) is 4. The highest BCUT2D eigenvalue weighted by molar-refractivity contribution is 6.07. The van der Waals surface area contributed by atoms with E-state index in [0.717, 1.165) is 17.8 Å². The Morgan fingerprint density at radius 1 is 0.907 bits per heavy atom. The molecule has 2 bridgehead atoms. The maximum absolute atomic E-state index is 13.6. The summed E-state index contributed by atoms with van der Waals surface area (Å²) in [6.07, 6.45) is 0.592. The highest BCUT2D eigenvalue weighted by Gasteiger charge is 2.35. The van der Waals surface area contributed by atoms with Gasteiger partial charge in [0.2, 0.25) is 0 Å². The summed E-state index contributed by atoms with van der Waals surface area (Å²) in [6, 6.07) is 16.0. The third-order valence-corrected chi connectivity index (χ3v) is 8.51. The molecule has 10 nitrogen and oxygen atoms in total. The second-order valence-electron chi connectivity index (χ2n) is 11.3. The van der Waals surface area contributed by atoms with E-state index in [0.29, 0.717) is 69.2 Å². The Hall–Kier alpha value is -4.67. The maximum atomic E-state index is 13.6. The number of hydrogen-bond donors (Lipinski definition) is 1. The largest absolute Gasteiger partial charge is 0.450 e. The van der Waals surface area contributed by atoms with Crippen molar-refractivity contribution in [1.82, 2.24) is 14.4 Å². The van der Waals surface area contributed by atoms with Crippen LogP contribution in [0.15, 0.2) is 65.5 Å². The number of amides is 3. The number of hydrogen-bond acceptors (Lipinski definition) is 6. The summed E-state index contributed by atoms with van der Waals surface area (Å²) in [5.74, 6) is -0.644. The molecule has 224 valence electrons. The number of nitrogens with one attached hydrogen (secondary N) is 1. The van der Waals surface area contributed by atoms with E-state index in [2.05, 4.69) is 10.2 Å². The van der Waals surface area contributed by atoms with Gasteiger partial charge in [-0.25, -0.2) is 9.18 Å². The van der Waals surface area contributed by atoms with Crippen molar-refractivity contribution < 1.29 is 23.5 Å². The van der Waals surface area contributed by atoms with E-state index >= 15 is 0 Å². The molecule has 4 heterocycles. The van der Waals surface area contributed by atoms with Gasteiger partial charge in [0.25, 0.3) is 17.4 Å². The van der Waals surface area contributed by atoms with Gasteiger partial charge in [0.15, 0.2) is 0 Å². The Bertz CT molecular complexity index is 1600. The zero-order valence-corrected chi connectivity index (χ0v) is 24.0. The van der Waals surface area contributed by atoms with Crippen LogP contribution in [0.5, 0.6) is 0 Å². The van der Waals surface area contributed by atoms with Crippen molar-refractivity contribution >= 4 is 29.3 Å². The fourth-order valence-electron chi connectivity index (χ4n) is 6.42. The summed E-state index contributed by atoms with van der Waals surface area (Å²) in [5.41, 5.74) is 2.99. The molecule has 2 saturated heterocycles. The lowest BCUT2D eigenvalue weighted by Crippen LogP contribution is -2.50. The van der Waals surface area contributed by atoms with Gasteiger partial charge in [0.1, 0.15) is 5.82 Å². The van der Waals surface area contributed by atoms with Crippen molar-refractivity contribution in [2.24, 2.45) is 5.92 Å². The zero-order valence-electron chi connectivity index (χ0n) is 24.0. The minimum absolute atomic E-state index is 0.0128. The SMILES string of the molecule is CCOC(=O)N1CCN(C(=O)c2ccc(N3C[C@H]4C[C@@H](C3)c3cccc(=O)n3C4)c(NC(=O)c3ccc(F)cc3)c2)CC1. The number of piperazine rings is 1. The highest BCUT2D eigenvalue weighted by Crippen LogP contribution is 2.39. The molecule has 0 spiro atoms. The lowest BCUT2D eigenvalue weighted by molar-refractivity contribution is 0.0570. The first-order chi connectivity index (χ1) is 20.8. The molecule has 43 heavy (non-hydrogen) atoms. The molecule has 2 atom stereocenters. The van der Waals surface area contributed by atoms with Crippen LogP contribution in [0.1, 0.15) is 45.7 Å². The van der Waals surface area contributed by atoms with Gasteiger partial charge < -0.3 is 29.3 Å². The minimum Gasteiger partial charge on any atom is -0.450 e. The van der Waals surface area contributed by atoms with Gasteiger partial charge in [0, 0.05) is 74.6 Å². The molecule has 0 unspecified atom stereocenters. The molecule has 0 saturated carbocycles. The average Bonchev–Trinajstić information content (AvgIpc) is 3.01.